The number of carbonyl (C=O) groups excluding carboxylic acids is 3. The average Bonchev–Trinajstić information content (AvgIpc) is 2.73. The molecule has 190 valence electrons. The number of benzene rings is 1. The second kappa shape index (κ2) is 11.2. The van der Waals surface area contributed by atoms with Crippen LogP contribution in [0.25, 0.3) is 0 Å². The first-order valence-electron chi connectivity index (χ1n) is 11.4. The van der Waals surface area contributed by atoms with Crippen LogP contribution in [0.15, 0.2) is 30.3 Å². The number of imide groups is 1. The van der Waals surface area contributed by atoms with Gasteiger partial charge in [0.2, 0.25) is 0 Å². The molecule has 0 aromatic heterocycles. The zero-order valence-electron chi connectivity index (χ0n) is 21.1. The fourth-order valence-corrected chi connectivity index (χ4v) is 3.44. The summed E-state index contributed by atoms with van der Waals surface area (Å²) in [5, 5.41) is 10.8. The van der Waals surface area contributed by atoms with Crippen molar-refractivity contribution in [2.45, 2.75) is 84.3 Å². The smallest absolute Gasteiger partial charge is 0.420 e. The molecule has 1 aliphatic rings. The Labute approximate surface area is 201 Å². The summed E-state index contributed by atoms with van der Waals surface area (Å²) in [6.07, 6.45) is -3.53. The van der Waals surface area contributed by atoms with E-state index in [2.05, 4.69) is 0 Å². The molecule has 1 aromatic carbocycles. The minimum Gasteiger partial charge on any atom is -0.458 e. The lowest BCUT2D eigenvalue weighted by Crippen LogP contribution is -2.54. The molecule has 1 fully saturated rings. The van der Waals surface area contributed by atoms with Gasteiger partial charge in [-0.1, -0.05) is 30.3 Å². The standard InChI is InChI=1S/C25H37NO8/c1-16-20(27)18(13-17-11-9-8-10-12-17)14-31-15-19(21(28)32-16)26(22(29)33-24(2,3)4)23(30)34-25(5,6)7/h8-12,16,18-20,27H,13-15H2,1-7H3. The summed E-state index contributed by atoms with van der Waals surface area (Å²) in [4.78, 5) is 39.6. The molecule has 9 heteroatoms. The van der Waals surface area contributed by atoms with E-state index in [4.69, 9.17) is 18.9 Å². The van der Waals surface area contributed by atoms with E-state index < -0.39 is 47.6 Å². The number of hydrogen-bond acceptors (Lipinski definition) is 8. The molecule has 0 radical (unpaired) electrons. The Morgan fingerprint density at radius 1 is 1.00 bits per heavy atom. The largest absolute Gasteiger partial charge is 0.458 e. The molecule has 0 bridgehead atoms. The second-order valence-electron chi connectivity index (χ2n) is 10.5. The highest BCUT2D eigenvalue weighted by molar-refractivity contribution is 5.94. The molecular formula is C25H37NO8. The van der Waals surface area contributed by atoms with Crippen LogP contribution in [0.4, 0.5) is 9.59 Å². The summed E-state index contributed by atoms with van der Waals surface area (Å²) in [7, 11) is 0. The van der Waals surface area contributed by atoms with Gasteiger partial charge in [-0.15, -0.1) is 0 Å². The zero-order valence-corrected chi connectivity index (χ0v) is 21.1. The van der Waals surface area contributed by atoms with Crippen molar-refractivity contribution in [2.75, 3.05) is 13.2 Å². The van der Waals surface area contributed by atoms with Gasteiger partial charge in [0.15, 0.2) is 6.04 Å². The molecule has 2 rings (SSSR count). The van der Waals surface area contributed by atoms with Crippen LogP contribution >= 0.6 is 0 Å². The molecule has 0 aliphatic carbocycles. The lowest BCUT2D eigenvalue weighted by Gasteiger charge is -2.32. The lowest BCUT2D eigenvalue weighted by molar-refractivity contribution is -0.160. The lowest BCUT2D eigenvalue weighted by atomic mass is 9.92. The summed E-state index contributed by atoms with van der Waals surface area (Å²) < 4.78 is 22.0. The second-order valence-corrected chi connectivity index (χ2v) is 10.5. The molecule has 2 amide bonds. The highest BCUT2D eigenvalue weighted by atomic mass is 16.6. The Kier molecular flexibility index (Phi) is 9.08. The van der Waals surface area contributed by atoms with Crippen LogP contribution in [0.3, 0.4) is 0 Å². The number of carbonyl (C=O) groups is 3. The fraction of sp³-hybridized carbons (Fsp3) is 0.640. The number of nitrogens with zero attached hydrogens (tertiary/aromatic N) is 1. The van der Waals surface area contributed by atoms with Crippen LogP contribution in [0.5, 0.6) is 0 Å². The predicted molar refractivity (Wildman–Crippen MR) is 124 cm³/mol. The zero-order chi connectivity index (χ0) is 25.7. The molecule has 1 aromatic rings. The number of ether oxygens (including phenoxy) is 4. The molecule has 4 atom stereocenters. The number of hydrogen-bond donors (Lipinski definition) is 1. The molecular weight excluding hydrogens is 442 g/mol. The monoisotopic (exact) mass is 479 g/mol. The van der Waals surface area contributed by atoms with Gasteiger partial charge in [-0.2, -0.15) is 4.90 Å². The van der Waals surface area contributed by atoms with Crippen molar-refractivity contribution in [3.63, 3.8) is 0 Å². The highest BCUT2D eigenvalue weighted by Crippen LogP contribution is 2.23. The quantitative estimate of drug-likeness (QED) is 0.516. The predicted octanol–water partition coefficient (Wildman–Crippen LogP) is 3.71. The number of cyclic esters (lactones) is 1. The molecule has 0 spiro atoms. The van der Waals surface area contributed by atoms with E-state index in [1.54, 1.807) is 48.5 Å². The van der Waals surface area contributed by atoms with E-state index in [1.807, 2.05) is 30.3 Å². The van der Waals surface area contributed by atoms with E-state index in [9.17, 15) is 19.5 Å². The Bertz CT molecular complexity index is 815. The van der Waals surface area contributed by atoms with E-state index >= 15 is 0 Å². The van der Waals surface area contributed by atoms with Crippen LogP contribution in [0.2, 0.25) is 0 Å². The molecule has 1 heterocycles. The Balaban J connectivity index is 2.31. The molecule has 1 aliphatic heterocycles. The maximum Gasteiger partial charge on any atom is 0.420 e. The van der Waals surface area contributed by atoms with Gasteiger partial charge in [-0.05, 0) is 60.5 Å². The molecule has 4 unspecified atom stereocenters. The third-order valence-corrected chi connectivity index (χ3v) is 4.98. The van der Waals surface area contributed by atoms with Crippen molar-refractivity contribution in [3.8, 4) is 0 Å². The van der Waals surface area contributed by atoms with E-state index in [0.29, 0.717) is 11.3 Å². The summed E-state index contributed by atoms with van der Waals surface area (Å²) >= 11 is 0. The minimum atomic E-state index is -1.45. The van der Waals surface area contributed by atoms with Gasteiger partial charge in [0, 0.05) is 5.92 Å². The highest BCUT2D eigenvalue weighted by Gasteiger charge is 2.43. The molecule has 9 nitrogen and oxygen atoms in total. The summed E-state index contributed by atoms with van der Waals surface area (Å²) in [5.41, 5.74) is -0.857. The van der Waals surface area contributed by atoms with Crippen molar-refractivity contribution in [3.05, 3.63) is 35.9 Å². The average molecular weight is 480 g/mol. The maximum absolute atomic E-state index is 13.1. The minimum absolute atomic E-state index is 0.0873. The molecule has 34 heavy (non-hydrogen) atoms. The van der Waals surface area contributed by atoms with Crippen LogP contribution in [-0.2, 0) is 30.2 Å². The first-order valence-corrected chi connectivity index (χ1v) is 11.4. The van der Waals surface area contributed by atoms with Crippen molar-refractivity contribution in [1.29, 1.82) is 0 Å². The van der Waals surface area contributed by atoms with Gasteiger partial charge < -0.3 is 24.1 Å². The topological polar surface area (TPSA) is 112 Å². The van der Waals surface area contributed by atoms with Crippen LogP contribution in [0.1, 0.15) is 54.0 Å². The van der Waals surface area contributed by atoms with Crippen molar-refractivity contribution < 1.29 is 38.4 Å². The third kappa shape index (κ3) is 8.29. The maximum atomic E-state index is 13.1. The third-order valence-electron chi connectivity index (χ3n) is 4.98. The summed E-state index contributed by atoms with van der Waals surface area (Å²) in [6, 6.07) is 8.12. The van der Waals surface area contributed by atoms with Crippen LogP contribution < -0.4 is 0 Å². The Hall–Kier alpha value is -2.65. The number of aliphatic hydroxyl groups is 1. The Morgan fingerprint density at radius 3 is 2.03 bits per heavy atom. The number of rotatable bonds is 3. The van der Waals surface area contributed by atoms with E-state index in [0.717, 1.165) is 5.56 Å². The fourth-order valence-electron chi connectivity index (χ4n) is 3.44. The van der Waals surface area contributed by atoms with Gasteiger partial charge in [0.1, 0.15) is 17.3 Å². The van der Waals surface area contributed by atoms with E-state index in [1.165, 1.54) is 0 Å². The molecule has 0 saturated carbocycles. The normalized spacial score (nSPS) is 24.2. The van der Waals surface area contributed by atoms with Crippen molar-refractivity contribution in [1.82, 2.24) is 4.90 Å². The van der Waals surface area contributed by atoms with Crippen molar-refractivity contribution in [2.24, 2.45) is 5.92 Å². The van der Waals surface area contributed by atoms with Gasteiger partial charge in [0.05, 0.1) is 19.3 Å². The molecule has 1 saturated heterocycles. The van der Waals surface area contributed by atoms with Gasteiger partial charge in [-0.25, -0.2) is 14.4 Å². The van der Waals surface area contributed by atoms with Gasteiger partial charge in [0.25, 0.3) is 0 Å². The van der Waals surface area contributed by atoms with Gasteiger partial charge >= 0.3 is 18.2 Å². The first kappa shape index (κ1) is 27.6. The van der Waals surface area contributed by atoms with Crippen LogP contribution in [-0.4, -0.2) is 70.8 Å². The number of esters is 1. The van der Waals surface area contributed by atoms with Crippen molar-refractivity contribution >= 4 is 18.2 Å². The first-order chi connectivity index (χ1) is 15.7. The van der Waals surface area contributed by atoms with Gasteiger partial charge in [-0.3, -0.25) is 0 Å². The Morgan fingerprint density at radius 2 is 1.53 bits per heavy atom. The van der Waals surface area contributed by atoms with E-state index in [-0.39, 0.29) is 19.1 Å². The summed E-state index contributed by atoms with van der Waals surface area (Å²) in [5.74, 6) is -1.27. The SMILES string of the molecule is CC1OC(=O)C(N(C(=O)OC(C)(C)C)C(=O)OC(C)(C)C)COCC(Cc2ccccc2)C1O. The van der Waals surface area contributed by atoms with Crippen LogP contribution in [0, 0.1) is 5.92 Å². The molecule has 1 N–H and O–H groups in total. The number of amides is 2. The summed E-state index contributed by atoms with van der Waals surface area (Å²) in [6.45, 7) is 11.2. The number of aliphatic hydroxyl groups excluding tert-OH is 1.